The largest absolute Gasteiger partial charge is 0.496 e. The van der Waals surface area contributed by atoms with Crippen molar-refractivity contribution in [2.75, 3.05) is 13.7 Å². The van der Waals surface area contributed by atoms with Gasteiger partial charge in [-0.3, -0.25) is 0 Å². The van der Waals surface area contributed by atoms with Crippen LogP contribution < -0.4 is 14.2 Å². The third-order valence-corrected chi connectivity index (χ3v) is 3.28. The van der Waals surface area contributed by atoms with Gasteiger partial charge in [-0.1, -0.05) is 18.2 Å². The summed E-state index contributed by atoms with van der Waals surface area (Å²) >= 11 is 0. The van der Waals surface area contributed by atoms with E-state index in [2.05, 4.69) is 10.2 Å². The van der Waals surface area contributed by atoms with Crippen molar-refractivity contribution in [1.82, 2.24) is 10.2 Å². The molecule has 0 radical (unpaired) electrons. The number of methoxy groups -OCH3 is 1. The summed E-state index contributed by atoms with van der Waals surface area (Å²) in [6, 6.07) is 14.9. The molecule has 1 heterocycles. The van der Waals surface area contributed by atoms with Crippen molar-refractivity contribution >= 4 is 0 Å². The molecule has 0 atom stereocenters. The highest BCUT2D eigenvalue weighted by atomic mass is 16.5. The van der Waals surface area contributed by atoms with Gasteiger partial charge in [-0.05, 0) is 31.2 Å². The van der Waals surface area contributed by atoms with Crippen molar-refractivity contribution in [3.8, 4) is 28.7 Å². The Hall–Kier alpha value is -3.02. The van der Waals surface area contributed by atoms with Crippen molar-refractivity contribution in [1.29, 1.82) is 0 Å². The fourth-order valence-corrected chi connectivity index (χ4v) is 2.21. The summed E-state index contributed by atoms with van der Waals surface area (Å²) in [5.74, 6) is 2.90. The predicted molar refractivity (Wildman–Crippen MR) is 88.2 cm³/mol. The number of aromatic nitrogens is 2. The molecule has 0 aliphatic rings. The minimum Gasteiger partial charge on any atom is -0.496 e. The Morgan fingerprint density at radius 1 is 0.958 bits per heavy atom. The van der Waals surface area contributed by atoms with Crippen LogP contribution in [0.4, 0.5) is 0 Å². The number of hydrogen-bond acceptors (Lipinski definition) is 6. The minimum atomic E-state index is 0.178. The summed E-state index contributed by atoms with van der Waals surface area (Å²) in [6.45, 7) is 2.72. The molecule has 6 heteroatoms. The van der Waals surface area contributed by atoms with E-state index in [-0.39, 0.29) is 6.61 Å². The number of para-hydroxylation sites is 1. The zero-order chi connectivity index (χ0) is 16.8. The van der Waals surface area contributed by atoms with E-state index in [1.165, 1.54) is 0 Å². The van der Waals surface area contributed by atoms with Crippen molar-refractivity contribution in [3.63, 3.8) is 0 Å². The summed E-state index contributed by atoms with van der Waals surface area (Å²) in [6.07, 6.45) is 0. The maximum atomic E-state index is 5.68. The van der Waals surface area contributed by atoms with Gasteiger partial charge < -0.3 is 18.6 Å². The molecule has 0 spiro atoms. The van der Waals surface area contributed by atoms with Gasteiger partial charge in [0.05, 0.1) is 19.3 Å². The predicted octanol–water partition coefficient (Wildman–Crippen LogP) is 3.72. The molecule has 2 aromatic carbocycles. The smallest absolute Gasteiger partial charge is 0.254 e. The van der Waals surface area contributed by atoms with E-state index in [0.717, 1.165) is 11.3 Å². The van der Waals surface area contributed by atoms with Crippen LogP contribution in [0.25, 0.3) is 11.5 Å². The number of hydrogen-bond donors (Lipinski definition) is 0. The summed E-state index contributed by atoms with van der Waals surface area (Å²) in [4.78, 5) is 0. The first-order valence-corrected chi connectivity index (χ1v) is 7.61. The number of ether oxygens (including phenoxy) is 3. The first-order valence-electron chi connectivity index (χ1n) is 7.61. The molecule has 24 heavy (non-hydrogen) atoms. The van der Waals surface area contributed by atoms with Crippen molar-refractivity contribution in [2.24, 2.45) is 0 Å². The Kier molecular flexibility index (Phi) is 4.96. The molecule has 124 valence electrons. The average molecular weight is 326 g/mol. The number of nitrogens with zero attached hydrogens (tertiary/aromatic N) is 2. The highest BCUT2D eigenvalue weighted by Crippen LogP contribution is 2.28. The molecule has 3 rings (SSSR count). The van der Waals surface area contributed by atoms with Crippen LogP contribution >= 0.6 is 0 Å². The summed E-state index contributed by atoms with van der Waals surface area (Å²) in [5.41, 5.74) is 0.747. The molecule has 6 nitrogen and oxygen atoms in total. The molecule has 0 N–H and O–H groups in total. The molecule has 0 fully saturated rings. The standard InChI is InChI=1S/C18H18N2O4/c1-3-22-13-7-6-8-14(11-13)23-12-17-19-20-18(24-17)15-9-4-5-10-16(15)21-2/h4-11H,3,12H2,1-2H3. The average Bonchev–Trinajstić information content (AvgIpc) is 3.09. The Labute approximate surface area is 140 Å². The second-order valence-corrected chi connectivity index (χ2v) is 4.90. The lowest BCUT2D eigenvalue weighted by atomic mass is 10.2. The zero-order valence-electron chi connectivity index (χ0n) is 13.6. The Morgan fingerprint density at radius 2 is 1.75 bits per heavy atom. The van der Waals surface area contributed by atoms with Gasteiger partial charge in [0.15, 0.2) is 6.61 Å². The highest BCUT2D eigenvalue weighted by Gasteiger charge is 2.13. The SMILES string of the molecule is CCOc1cccc(OCc2nnc(-c3ccccc3OC)o2)c1. The Bertz CT molecular complexity index is 801. The molecule has 0 unspecified atom stereocenters. The molecule has 0 bridgehead atoms. The summed E-state index contributed by atoms with van der Waals surface area (Å²) < 4.78 is 22.1. The van der Waals surface area contributed by atoms with Crippen LogP contribution in [0.3, 0.4) is 0 Å². The van der Waals surface area contributed by atoms with Gasteiger partial charge in [-0.25, -0.2) is 0 Å². The van der Waals surface area contributed by atoms with Gasteiger partial charge in [-0.2, -0.15) is 0 Å². The van der Waals surface area contributed by atoms with Crippen LogP contribution in [0.2, 0.25) is 0 Å². The van der Waals surface area contributed by atoms with Gasteiger partial charge in [0.2, 0.25) is 0 Å². The lowest BCUT2D eigenvalue weighted by Crippen LogP contribution is -1.97. The second kappa shape index (κ2) is 7.50. The first-order chi connectivity index (χ1) is 11.8. The first kappa shape index (κ1) is 15.9. The van der Waals surface area contributed by atoms with Gasteiger partial charge in [0.25, 0.3) is 11.8 Å². The van der Waals surface area contributed by atoms with Crippen LogP contribution in [0.5, 0.6) is 17.2 Å². The van der Waals surface area contributed by atoms with E-state index in [1.54, 1.807) is 7.11 Å². The topological polar surface area (TPSA) is 66.6 Å². The fraction of sp³-hybridized carbons (Fsp3) is 0.222. The molecule has 1 aromatic heterocycles. The second-order valence-electron chi connectivity index (χ2n) is 4.90. The van der Waals surface area contributed by atoms with Gasteiger partial charge >= 0.3 is 0 Å². The van der Waals surface area contributed by atoms with Crippen molar-refractivity contribution in [3.05, 3.63) is 54.4 Å². The van der Waals surface area contributed by atoms with E-state index >= 15 is 0 Å². The Balaban J connectivity index is 1.69. The molecule has 0 amide bonds. The normalized spacial score (nSPS) is 10.4. The number of benzene rings is 2. The maximum absolute atomic E-state index is 5.68. The van der Waals surface area contributed by atoms with E-state index in [9.17, 15) is 0 Å². The minimum absolute atomic E-state index is 0.178. The molecule has 0 aliphatic carbocycles. The van der Waals surface area contributed by atoms with E-state index in [0.29, 0.717) is 29.9 Å². The molecule has 0 aliphatic heterocycles. The van der Waals surface area contributed by atoms with Crippen LogP contribution in [-0.2, 0) is 6.61 Å². The van der Waals surface area contributed by atoms with Crippen molar-refractivity contribution < 1.29 is 18.6 Å². The number of rotatable bonds is 7. The van der Waals surface area contributed by atoms with Crippen molar-refractivity contribution in [2.45, 2.75) is 13.5 Å². The lowest BCUT2D eigenvalue weighted by Gasteiger charge is -2.06. The third-order valence-electron chi connectivity index (χ3n) is 3.28. The monoisotopic (exact) mass is 326 g/mol. The summed E-state index contributed by atoms with van der Waals surface area (Å²) in [5, 5.41) is 8.07. The van der Waals surface area contributed by atoms with Crippen LogP contribution in [0.1, 0.15) is 12.8 Å². The molecular formula is C18H18N2O4. The van der Waals surface area contributed by atoms with E-state index < -0.39 is 0 Å². The molecule has 0 saturated heterocycles. The summed E-state index contributed by atoms with van der Waals surface area (Å²) in [7, 11) is 1.60. The maximum Gasteiger partial charge on any atom is 0.254 e. The molecule has 0 saturated carbocycles. The van der Waals surface area contributed by atoms with Crippen LogP contribution in [-0.4, -0.2) is 23.9 Å². The van der Waals surface area contributed by atoms with Crippen LogP contribution in [0, 0.1) is 0 Å². The van der Waals surface area contributed by atoms with E-state index in [1.807, 2.05) is 55.5 Å². The Morgan fingerprint density at radius 3 is 2.54 bits per heavy atom. The lowest BCUT2D eigenvalue weighted by molar-refractivity contribution is 0.262. The highest BCUT2D eigenvalue weighted by molar-refractivity contribution is 5.62. The van der Waals surface area contributed by atoms with E-state index in [4.69, 9.17) is 18.6 Å². The van der Waals surface area contributed by atoms with Gasteiger partial charge in [0, 0.05) is 6.07 Å². The van der Waals surface area contributed by atoms with Gasteiger partial charge in [-0.15, -0.1) is 10.2 Å². The zero-order valence-corrected chi connectivity index (χ0v) is 13.6. The third kappa shape index (κ3) is 3.65. The van der Waals surface area contributed by atoms with Crippen LogP contribution in [0.15, 0.2) is 52.9 Å². The molecule has 3 aromatic rings. The fourth-order valence-electron chi connectivity index (χ4n) is 2.21. The quantitative estimate of drug-likeness (QED) is 0.659. The van der Waals surface area contributed by atoms with Gasteiger partial charge in [0.1, 0.15) is 17.2 Å². The molecular weight excluding hydrogens is 308 g/mol.